The summed E-state index contributed by atoms with van der Waals surface area (Å²) in [4.78, 5) is 6.89. The normalized spacial score (nSPS) is 11.4. The number of hydrogen-bond donors (Lipinski definition) is 1. The van der Waals surface area contributed by atoms with Gasteiger partial charge in [-0.25, -0.2) is 4.99 Å². The second-order valence-corrected chi connectivity index (χ2v) is 6.80. The molecule has 1 aromatic heterocycles. The van der Waals surface area contributed by atoms with Crippen LogP contribution in [0.25, 0.3) is 0 Å². The number of guanidine groups is 1. The number of methoxy groups -OCH3 is 2. The number of aromatic nitrogens is 1. The lowest BCUT2D eigenvalue weighted by Gasteiger charge is -2.22. The lowest BCUT2D eigenvalue weighted by atomic mass is 10.2. The Morgan fingerprint density at radius 2 is 2.08 bits per heavy atom. The Bertz CT molecular complexity index is 758. The number of aliphatic imine (C=N–C) groups is 1. The Balaban J connectivity index is 2.18. The predicted molar refractivity (Wildman–Crippen MR) is 109 cm³/mol. The molecular weight excluding hydrogens is 396 g/mol. The van der Waals surface area contributed by atoms with Crippen molar-refractivity contribution in [1.29, 1.82) is 0 Å². The Morgan fingerprint density at radius 3 is 2.65 bits per heavy atom. The second kappa shape index (κ2) is 9.52. The summed E-state index contributed by atoms with van der Waals surface area (Å²) in [6.07, 6.45) is 2.05. The fraction of sp³-hybridized carbons (Fsp3) is 0.421. The van der Waals surface area contributed by atoms with Crippen molar-refractivity contribution in [2.24, 2.45) is 12.0 Å². The van der Waals surface area contributed by atoms with E-state index >= 15 is 0 Å². The van der Waals surface area contributed by atoms with Gasteiger partial charge in [-0.15, -0.1) is 0 Å². The minimum atomic E-state index is 0.540. The smallest absolute Gasteiger partial charge is 0.194 e. The molecule has 142 valence electrons. The highest BCUT2D eigenvalue weighted by Gasteiger charge is 2.12. The summed E-state index contributed by atoms with van der Waals surface area (Å²) in [5.74, 6) is 2.24. The molecule has 0 saturated carbocycles. The number of hydrogen-bond acceptors (Lipinski definition) is 3. The molecule has 0 aliphatic heterocycles. The number of nitrogens with one attached hydrogen (secondary N) is 1. The maximum atomic E-state index is 5.41. The molecule has 7 heteroatoms. The number of aryl methyl sites for hydroxylation is 1. The molecule has 0 saturated heterocycles. The van der Waals surface area contributed by atoms with Crippen LogP contribution >= 0.6 is 15.9 Å². The van der Waals surface area contributed by atoms with Gasteiger partial charge in [0.1, 0.15) is 0 Å². The van der Waals surface area contributed by atoms with Gasteiger partial charge in [0.15, 0.2) is 17.5 Å². The van der Waals surface area contributed by atoms with Crippen LogP contribution in [0.5, 0.6) is 11.5 Å². The summed E-state index contributed by atoms with van der Waals surface area (Å²) in [6, 6.07) is 8.12. The first-order chi connectivity index (χ1) is 12.5. The third-order valence-corrected chi connectivity index (χ3v) is 4.64. The van der Waals surface area contributed by atoms with E-state index in [4.69, 9.17) is 14.5 Å². The van der Waals surface area contributed by atoms with Crippen molar-refractivity contribution in [2.45, 2.75) is 20.0 Å². The van der Waals surface area contributed by atoms with Crippen molar-refractivity contribution < 1.29 is 9.47 Å². The fourth-order valence-electron chi connectivity index (χ4n) is 2.68. The average molecular weight is 423 g/mol. The van der Waals surface area contributed by atoms with E-state index in [1.165, 1.54) is 5.69 Å². The summed E-state index contributed by atoms with van der Waals surface area (Å²) < 4.78 is 13.7. The zero-order valence-electron chi connectivity index (χ0n) is 16.0. The van der Waals surface area contributed by atoms with Crippen LogP contribution in [0.2, 0.25) is 0 Å². The van der Waals surface area contributed by atoms with E-state index in [-0.39, 0.29) is 0 Å². The Hall–Kier alpha value is -2.15. The summed E-state index contributed by atoms with van der Waals surface area (Å²) >= 11 is 3.53. The molecule has 6 nitrogen and oxygen atoms in total. The standard InChI is InChI=1S/C19H27BrN4O2/c1-6-21-19(24(3)13-15-8-7-9-23(15)2)22-12-14-10-16(20)18(26-5)17(11-14)25-4/h7-11H,6,12-13H2,1-5H3,(H,21,22). The molecule has 0 fully saturated rings. The molecule has 1 N–H and O–H groups in total. The highest BCUT2D eigenvalue weighted by Crippen LogP contribution is 2.36. The molecule has 0 unspecified atom stereocenters. The molecule has 1 heterocycles. The highest BCUT2D eigenvalue weighted by atomic mass is 79.9. The first-order valence-corrected chi connectivity index (χ1v) is 9.29. The topological polar surface area (TPSA) is 51.0 Å². The molecular formula is C19H27BrN4O2. The van der Waals surface area contributed by atoms with Crippen LogP contribution in [0, 0.1) is 0 Å². The monoisotopic (exact) mass is 422 g/mol. The van der Waals surface area contributed by atoms with Gasteiger partial charge in [-0.05, 0) is 52.7 Å². The molecule has 0 atom stereocenters. The fourth-order valence-corrected chi connectivity index (χ4v) is 3.33. The lowest BCUT2D eigenvalue weighted by molar-refractivity contribution is 0.352. The Labute approximate surface area is 163 Å². The lowest BCUT2D eigenvalue weighted by Crippen LogP contribution is -2.38. The van der Waals surface area contributed by atoms with E-state index in [0.717, 1.165) is 29.1 Å². The maximum Gasteiger partial charge on any atom is 0.194 e. The van der Waals surface area contributed by atoms with Crippen LogP contribution in [0.3, 0.4) is 0 Å². The van der Waals surface area contributed by atoms with Gasteiger partial charge in [-0.3, -0.25) is 0 Å². The highest BCUT2D eigenvalue weighted by molar-refractivity contribution is 9.10. The van der Waals surface area contributed by atoms with Crippen LogP contribution in [-0.2, 0) is 20.1 Å². The number of rotatable bonds is 7. The van der Waals surface area contributed by atoms with Gasteiger partial charge in [-0.2, -0.15) is 0 Å². The van der Waals surface area contributed by atoms with Crippen molar-refractivity contribution in [3.8, 4) is 11.5 Å². The number of halogens is 1. The summed E-state index contributed by atoms with van der Waals surface area (Å²) in [5, 5.41) is 3.35. The van der Waals surface area contributed by atoms with Crippen molar-refractivity contribution in [2.75, 3.05) is 27.8 Å². The van der Waals surface area contributed by atoms with Gasteiger partial charge >= 0.3 is 0 Å². The van der Waals surface area contributed by atoms with E-state index in [1.54, 1.807) is 14.2 Å². The molecule has 0 aliphatic rings. The quantitative estimate of drug-likeness (QED) is 0.548. The molecule has 0 radical (unpaired) electrons. The number of benzene rings is 1. The Kier molecular flexibility index (Phi) is 7.38. The van der Waals surface area contributed by atoms with Gasteiger partial charge < -0.3 is 24.3 Å². The number of ether oxygens (including phenoxy) is 2. The van der Waals surface area contributed by atoms with Crippen molar-refractivity contribution >= 4 is 21.9 Å². The first kappa shape index (κ1) is 20.2. The van der Waals surface area contributed by atoms with E-state index in [9.17, 15) is 0 Å². The zero-order chi connectivity index (χ0) is 19.1. The van der Waals surface area contributed by atoms with Gasteiger partial charge in [0.2, 0.25) is 0 Å². The van der Waals surface area contributed by atoms with Crippen LogP contribution in [0.4, 0.5) is 0 Å². The Morgan fingerprint density at radius 1 is 1.31 bits per heavy atom. The van der Waals surface area contributed by atoms with E-state index in [1.807, 2.05) is 38.5 Å². The van der Waals surface area contributed by atoms with Crippen LogP contribution < -0.4 is 14.8 Å². The molecule has 0 bridgehead atoms. The summed E-state index contributed by atoms with van der Waals surface area (Å²) in [6.45, 7) is 4.20. The number of nitrogens with zero attached hydrogens (tertiary/aromatic N) is 3. The zero-order valence-corrected chi connectivity index (χ0v) is 17.6. The minimum absolute atomic E-state index is 0.540. The van der Waals surface area contributed by atoms with E-state index in [0.29, 0.717) is 18.0 Å². The van der Waals surface area contributed by atoms with E-state index in [2.05, 4.69) is 43.7 Å². The second-order valence-electron chi connectivity index (χ2n) is 5.95. The van der Waals surface area contributed by atoms with Gasteiger partial charge in [-0.1, -0.05) is 0 Å². The average Bonchev–Trinajstić information content (AvgIpc) is 3.02. The molecule has 2 aromatic rings. The SMILES string of the molecule is CCNC(=NCc1cc(Br)c(OC)c(OC)c1)N(C)Cc1cccn1C. The minimum Gasteiger partial charge on any atom is -0.493 e. The molecule has 0 spiro atoms. The molecule has 2 rings (SSSR count). The van der Waals surface area contributed by atoms with Gasteiger partial charge in [0, 0.05) is 32.5 Å². The van der Waals surface area contributed by atoms with Gasteiger partial charge in [0.25, 0.3) is 0 Å². The van der Waals surface area contributed by atoms with Crippen molar-refractivity contribution in [1.82, 2.24) is 14.8 Å². The van der Waals surface area contributed by atoms with Crippen molar-refractivity contribution in [3.63, 3.8) is 0 Å². The van der Waals surface area contributed by atoms with Crippen molar-refractivity contribution in [3.05, 3.63) is 46.2 Å². The predicted octanol–water partition coefficient (Wildman–Crippen LogP) is 3.40. The molecule has 0 amide bonds. The largest absolute Gasteiger partial charge is 0.493 e. The molecule has 1 aromatic carbocycles. The third-order valence-electron chi connectivity index (χ3n) is 4.05. The summed E-state index contributed by atoms with van der Waals surface area (Å²) in [7, 11) is 7.35. The molecule has 26 heavy (non-hydrogen) atoms. The third kappa shape index (κ3) is 4.94. The maximum absolute atomic E-state index is 5.41. The van der Waals surface area contributed by atoms with E-state index < -0.39 is 0 Å². The first-order valence-electron chi connectivity index (χ1n) is 8.50. The summed E-state index contributed by atoms with van der Waals surface area (Å²) in [5.41, 5.74) is 2.27. The van der Waals surface area contributed by atoms with Crippen LogP contribution in [0.15, 0.2) is 39.9 Å². The van der Waals surface area contributed by atoms with Crippen LogP contribution in [0.1, 0.15) is 18.2 Å². The molecule has 0 aliphatic carbocycles. The van der Waals surface area contributed by atoms with Gasteiger partial charge in [0.05, 0.1) is 31.8 Å². The van der Waals surface area contributed by atoms with Crippen LogP contribution in [-0.4, -0.2) is 43.2 Å².